The standard InChI is InChI=1S/C40H38O12S/c1-6-37(41)49-24-47-32-10-8-29(26(3)22-32)9-21-39(43)51-30-11-16-34(17-12-30)53(45,46)35-18-13-31(14-19-35)52-40(44)28(5)36-20-15-33(23-27(36)4)48-25-50-38(42)7-2/h6-8,10-20,22-23,28H,1-2,9,21,24-25H2,3-5H3. The quantitative estimate of drug-likeness (QED) is 0.0500. The van der Waals surface area contributed by atoms with E-state index in [2.05, 4.69) is 13.2 Å². The molecule has 0 heterocycles. The molecule has 12 nitrogen and oxygen atoms in total. The molecule has 276 valence electrons. The summed E-state index contributed by atoms with van der Waals surface area (Å²) in [6.45, 7) is 11.4. The maximum absolute atomic E-state index is 13.3. The summed E-state index contributed by atoms with van der Waals surface area (Å²) in [6, 6.07) is 21.3. The molecule has 0 aliphatic rings. The Bertz CT molecular complexity index is 2090. The van der Waals surface area contributed by atoms with Crippen LogP contribution in [0.2, 0.25) is 0 Å². The molecule has 0 bridgehead atoms. The third-order valence-corrected chi connectivity index (χ3v) is 9.66. The Morgan fingerprint density at radius 1 is 0.660 bits per heavy atom. The number of hydrogen-bond acceptors (Lipinski definition) is 12. The largest absolute Gasteiger partial charge is 0.457 e. The summed E-state index contributed by atoms with van der Waals surface area (Å²) in [6.07, 6.45) is 2.54. The van der Waals surface area contributed by atoms with Gasteiger partial charge in [0.1, 0.15) is 23.0 Å². The van der Waals surface area contributed by atoms with Crippen molar-refractivity contribution in [2.75, 3.05) is 13.6 Å². The van der Waals surface area contributed by atoms with Crippen LogP contribution in [-0.2, 0) is 44.9 Å². The first-order valence-corrected chi connectivity index (χ1v) is 17.7. The Kier molecular flexibility index (Phi) is 13.7. The third kappa shape index (κ3) is 11.1. The van der Waals surface area contributed by atoms with Crippen LogP contribution in [-0.4, -0.2) is 45.9 Å². The van der Waals surface area contributed by atoms with Gasteiger partial charge in [-0.25, -0.2) is 18.0 Å². The maximum Gasteiger partial charge on any atom is 0.333 e. The van der Waals surface area contributed by atoms with Crippen LogP contribution in [0.15, 0.2) is 120 Å². The number of sulfone groups is 1. The number of rotatable bonds is 17. The van der Waals surface area contributed by atoms with E-state index in [4.69, 9.17) is 28.4 Å². The summed E-state index contributed by atoms with van der Waals surface area (Å²) >= 11 is 0. The molecule has 0 N–H and O–H groups in total. The number of benzene rings is 4. The summed E-state index contributed by atoms with van der Waals surface area (Å²) < 4.78 is 57.9. The van der Waals surface area contributed by atoms with E-state index in [1.807, 2.05) is 6.92 Å². The first-order valence-electron chi connectivity index (χ1n) is 16.2. The third-order valence-electron chi connectivity index (χ3n) is 7.88. The van der Waals surface area contributed by atoms with E-state index in [9.17, 15) is 27.6 Å². The van der Waals surface area contributed by atoms with E-state index in [0.29, 0.717) is 23.5 Å². The van der Waals surface area contributed by atoms with Crippen LogP contribution in [0, 0.1) is 13.8 Å². The zero-order valence-corrected chi connectivity index (χ0v) is 30.2. The molecule has 0 amide bonds. The molecule has 1 atom stereocenters. The highest BCUT2D eigenvalue weighted by Crippen LogP contribution is 2.28. The van der Waals surface area contributed by atoms with Gasteiger partial charge in [-0.2, -0.15) is 0 Å². The summed E-state index contributed by atoms with van der Waals surface area (Å²) in [4.78, 5) is 47.8. The molecule has 0 aromatic heterocycles. The van der Waals surface area contributed by atoms with Gasteiger partial charge in [-0.3, -0.25) is 9.59 Å². The Morgan fingerprint density at radius 3 is 1.62 bits per heavy atom. The van der Waals surface area contributed by atoms with E-state index < -0.39 is 39.6 Å². The average Bonchev–Trinajstić information content (AvgIpc) is 3.14. The van der Waals surface area contributed by atoms with Crippen molar-refractivity contribution in [1.82, 2.24) is 0 Å². The Labute approximate surface area is 307 Å². The topological polar surface area (TPSA) is 158 Å². The van der Waals surface area contributed by atoms with Crippen molar-refractivity contribution < 1.29 is 56.0 Å². The van der Waals surface area contributed by atoms with Crippen molar-refractivity contribution in [3.8, 4) is 23.0 Å². The van der Waals surface area contributed by atoms with Crippen molar-refractivity contribution in [1.29, 1.82) is 0 Å². The zero-order chi connectivity index (χ0) is 38.5. The van der Waals surface area contributed by atoms with Crippen LogP contribution < -0.4 is 18.9 Å². The number of aryl methyl sites for hydroxylation is 3. The Balaban J connectivity index is 1.28. The normalized spacial score (nSPS) is 11.4. The monoisotopic (exact) mass is 742 g/mol. The number of hydrogen-bond donors (Lipinski definition) is 0. The minimum atomic E-state index is -3.94. The van der Waals surface area contributed by atoms with Crippen molar-refractivity contribution in [2.24, 2.45) is 0 Å². The van der Waals surface area contributed by atoms with Crippen LogP contribution in [0.25, 0.3) is 0 Å². The van der Waals surface area contributed by atoms with Gasteiger partial charge in [-0.15, -0.1) is 0 Å². The van der Waals surface area contributed by atoms with Crippen LogP contribution in [0.3, 0.4) is 0 Å². The second-order valence-corrected chi connectivity index (χ2v) is 13.5. The van der Waals surface area contributed by atoms with Crippen LogP contribution >= 0.6 is 0 Å². The van der Waals surface area contributed by atoms with Gasteiger partial charge in [-0.05, 0) is 122 Å². The molecule has 1 unspecified atom stereocenters. The second kappa shape index (κ2) is 18.3. The van der Waals surface area contributed by atoms with E-state index in [0.717, 1.165) is 28.8 Å². The molecule has 0 saturated heterocycles. The highest BCUT2D eigenvalue weighted by molar-refractivity contribution is 7.91. The van der Waals surface area contributed by atoms with Crippen LogP contribution in [0.1, 0.15) is 41.5 Å². The van der Waals surface area contributed by atoms with Gasteiger partial charge in [0, 0.05) is 18.6 Å². The summed E-state index contributed by atoms with van der Waals surface area (Å²) in [5.74, 6) is -1.62. The molecule has 4 aromatic carbocycles. The lowest BCUT2D eigenvalue weighted by Gasteiger charge is -2.15. The highest BCUT2D eigenvalue weighted by Gasteiger charge is 2.22. The summed E-state index contributed by atoms with van der Waals surface area (Å²) in [5, 5.41) is 0. The lowest BCUT2D eigenvalue weighted by molar-refractivity contribution is -0.145. The smallest absolute Gasteiger partial charge is 0.333 e. The molecule has 4 rings (SSSR count). The first-order chi connectivity index (χ1) is 25.3. The van der Waals surface area contributed by atoms with Crippen molar-refractivity contribution in [3.63, 3.8) is 0 Å². The van der Waals surface area contributed by atoms with Crippen molar-refractivity contribution in [2.45, 2.75) is 49.3 Å². The minimum absolute atomic E-state index is 0.0189. The summed E-state index contributed by atoms with van der Waals surface area (Å²) in [7, 11) is -3.94. The van der Waals surface area contributed by atoms with Gasteiger partial charge in [0.15, 0.2) is 0 Å². The van der Waals surface area contributed by atoms with Crippen molar-refractivity contribution in [3.05, 3.63) is 132 Å². The van der Waals surface area contributed by atoms with E-state index in [1.54, 1.807) is 50.2 Å². The first kappa shape index (κ1) is 39.6. The molecule has 0 saturated carbocycles. The van der Waals surface area contributed by atoms with E-state index in [-0.39, 0.29) is 41.3 Å². The van der Waals surface area contributed by atoms with Crippen LogP contribution in [0.4, 0.5) is 0 Å². The van der Waals surface area contributed by atoms with Gasteiger partial charge in [0.25, 0.3) is 0 Å². The Morgan fingerprint density at radius 2 is 1.13 bits per heavy atom. The van der Waals surface area contributed by atoms with Gasteiger partial charge in [0.2, 0.25) is 23.4 Å². The lowest BCUT2D eigenvalue weighted by Crippen LogP contribution is -2.17. The molecular formula is C40H38O12S. The summed E-state index contributed by atoms with van der Waals surface area (Å²) in [5.41, 5.74) is 3.21. The highest BCUT2D eigenvalue weighted by atomic mass is 32.2. The SMILES string of the molecule is C=CC(=O)OCOc1ccc(CCC(=O)Oc2ccc(S(=O)(=O)c3ccc(OC(=O)C(C)c4ccc(OCOC(=O)C=C)cc4C)cc3)cc2)c(C)c1. The fraction of sp³-hybridized carbons (Fsp3) is 0.200. The second-order valence-electron chi connectivity index (χ2n) is 11.5. The molecule has 0 spiro atoms. The zero-order valence-electron chi connectivity index (χ0n) is 29.4. The molecular weight excluding hydrogens is 704 g/mol. The van der Waals surface area contributed by atoms with Gasteiger partial charge >= 0.3 is 23.9 Å². The number of ether oxygens (including phenoxy) is 6. The maximum atomic E-state index is 13.3. The lowest BCUT2D eigenvalue weighted by atomic mass is 9.96. The van der Waals surface area contributed by atoms with Gasteiger partial charge in [0.05, 0.1) is 15.7 Å². The molecule has 4 aromatic rings. The number of carbonyl (C=O) groups excluding carboxylic acids is 4. The molecule has 0 radical (unpaired) electrons. The average molecular weight is 743 g/mol. The van der Waals surface area contributed by atoms with Gasteiger partial charge in [-0.1, -0.05) is 25.3 Å². The van der Waals surface area contributed by atoms with E-state index in [1.165, 1.54) is 48.5 Å². The number of carbonyl (C=O) groups is 4. The van der Waals surface area contributed by atoms with Gasteiger partial charge < -0.3 is 28.4 Å². The predicted octanol–water partition coefficient (Wildman–Crippen LogP) is 6.51. The minimum Gasteiger partial charge on any atom is -0.457 e. The predicted molar refractivity (Wildman–Crippen MR) is 192 cm³/mol. The fourth-order valence-corrected chi connectivity index (χ4v) is 6.21. The Hall–Kier alpha value is -6.21. The number of esters is 4. The van der Waals surface area contributed by atoms with Crippen LogP contribution in [0.5, 0.6) is 23.0 Å². The molecule has 53 heavy (non-hydrogen) atoms. The molecule has 0 fully saturated rings. The van der Waals surface area contributed by atoms with E-state index >= 15 is 0 Å². The molecule has 13 heteroatoms. The fourth-order valence-electron chi connectivity index (χ4n) is 4.95. The molecule has 0 aliphatic heterocycles. The molecule has 0 aliphatic carbocycles. The van der Waals surface area contributed by atoms with Crippen molar-refractivity contribution >= 4 is 33.7 Å².